The molecular formula is C20H17FN4OS2. The van der Waals surface area contributed by atoms with Gasteiger partial charge in [0.1, 0.15) is 28.3 Å². The van der Waals surface area contributed by atoms with Crippen molar-refractivity contribution in [2.45, 2.75) is 24.9 Å². The minimum absolute atomic E-state index is 0.105. The Labute approximate surface area is 170 Å². The normalized spacial score (nSPS) is 11.6. The number of thiophene rings is 1. The van der Waals surface area contributed by atoms with E-state index in [1.54, 1.807) is 26.0 Å². The van der Waals surface area contributed by atoms with Crippen LogP contribution in [0.15, 0.2) is 46.8 Å². The topological polar surface area (TPSA) is 78.7 Å². The van der Waals surface area contributed by atoms with Crippen LogP contribution in [0.3, 0.4) is 0 Å². The molecule has 0 spiro atoms. The monoisotopic (exact) mass is 412 g/mol. The summed E-state index contributed by atoms with van der Waals surface area (Å²) in [5.41, 5.74) is 1.78. The highest BCUT2D eigenvalue weighted by molar-refractivity contribution is 8.00. The maximum Gasteiger partial charge on any atom is 0.231 e. The molecule has 1 N–H and O–H groups in total. The molecule has 1 aromatic carbocycles. The molecule has 142 valence electrons. The first kappa shape index (κ1) is 20.0. The van der Waals surface area contributed by atoms with E-state index in [9.17, 15) is 14.4 Å². The van der Waals surface area contributed by atoms with Gasteiger partial charge in [-0.2, -0.15) is 5.26 Å². The molecule has 2 aromatic heterocycles. The SMILES string of the molecule is Cc1nc(C)c(C#N)c(SCC(=O)NC(c2ccc(F)cc2)c2cccs2)n1. The molecule has 0 saturated heterocycles. The molecule has 0 aliphatic carbocycles. The van der Waals surface area contributed by atoms with Gasteiger partial charge in [-0.05, 0) is 43.0 Å². The molecule has 0 bridgehead atoms. The van der Waals surface area contributed by atoms with Crippen LogP contribution in [0.4, 0.5) is 4.39 Å². The lowest BCUT2D eigenvalue weighted by Crippen LogP contribution is -2.30. The summed E-state index contributed by atoms with van der Waals surface area (Å²) in [6, 6.07) is 11.7. The number of hydrogen-bond acceptors (Lipinski definition) is 6. The number of halogens is 1. The Bertz CT molecular complexity index is 1010. The number of carbonyl (C=O) groups is 1. The van der Waals surface area contributed by atoms with Crippen molar-refractivity contribution in [3.05, 3.63) is 75.1 Å². The van der Waals surface area contributed by atoms with Crippen molar-refractivity contribution in [3.8, 4) is 6.07 Å². The lowest BCUT2D eigenvalue weighted by Gasteiger charge is -2.18. The Morgan fingerprint density at radius 1 is 1.29 bits per heavy atom. The Balaban J connectivity index is 1.75. The van der Waals surface area contributed by atoms with E-state index in [2.05, 4.69) is 21.4 Å². The van der Waals surface area contributed by atoms with Crippen molar-refractivity contribution in [2.24, 2.45) is 0 Å². The molecule has 0 aliphatic heterocycles. The standard InChI is InChI=1S/C20H17FN4OS2/c1-12-16(10-22)20(24-13(2)23-12)28-11-18(26)25-19(17-4-3-9-27-17)14-5-7-15(21)8-6-14/h3-9,19H,11H2,1-2H3,(H,25,26). The number of amides is 1. The fourth-order valence-corrected chi connectivity index (χ4v) is 4.37. The molecule has 28 heavy (non-hydrogen) atoms. The van der Waals surface area contributed by atoms with Crippen LogP contribution in [0.1, 0.15) is 33.6 Å². The van der Waals surface area contributed by atoms with Crippen LogP contribution in [0.2, 0.25) is 0 Å². The van der Waals surface area contributed by atoms with Gasteiger partial charge in [0.15, 0.2) is 0 Å². The highest BCUT2D eigenvalue weighted by Crippen LogP contribution is 2.27. The van der Waals surface area contributed by atoms with Gasteiger partial charge in [0, 0.05) is 4.88 Å². The molecule has 0 fully saturated rings. The van der Waals surface area contributed by atoms with E-state index in [-0.39, 0.29) is 23.5 Å². The van der Waals surface area contributed by atoms with Gasteiger partial charge in [-0.3, -0.25) is 4.79 Å². The Morgan fingerprint density at radius 2 is 2.04 bits per heavy atom. The van der Waals surface area contributed by atoms with E-state index < -0.39 is 0 Å². The molecule has 0 aliphatic rings. The number of benzene rings is 1. The van der Waals surface area contributed by atoms with Gasteiger partial charge in [-0.15, -0.1) is 11.3 Å². The Morgan fingerprint density at radius 3 is 2.68 bits per heavy atom. The van der Waals surface area contributed by atoms with Crippen LogP contribution < -0.4 is 5.32 Å². The van der Waals surface area contributed by atoms with E-state index in [1.165, 1.54) is 35.2 Å². The maximum atomic E-state index is 13.3. The third-order valence-electron chi connectivity index (χ3n) is 3.96. The summed E-state index contributed by atoms with van der Waals surface area (Å²) in [4.78, 5) is 22.0. The number of aryl methyl sites for hydroxylation is 2. The maximum absolute atomic E-state index is 13.3. The first-order valence-corrected chi connectivity index (χ1v) is 10.3. The molecule has 3 rings (SSSR count). The third-order valence-corrected chi connectivity index (χ3v) is 5.87. The van der Waals surface area contributed by atoms with E-state index in [0.29, 0.717) is 22.1 Å². The van der Waals surface area contributed by atoms with Gasteiger partial charge < -0.3 is 5.32 Å². The summed E-state index contributed by atoms with van der Waals surface area (Å²) in [6.07, 6.45) is 0. The number of rotatable bonds is 6. The van der Waals surface area contributed by atoms with Crippen LogP contribution in [0, 0.1) is 31.0 Å². The van der Waals surface area contributed by atoms with Gasteiger partial charge >= 0.3 is 0 Å². The number of nitrogens with one attached hydrogen (secondary N) is 1. The quantitative estimate of drug-likeness (QED) is 0.486. The lowest BCUT2D eigenvalue weighted by atomic mass is 10.1. The van der Waals surface area contributed by atoms with E-state index >= 15 is 0 Å². The first-order valence-electron chi connectivity index (χ1n) is 8.44. The molecule has 1 amide bonds. The second-order valence-corrected chi connectivity index (χ2v) is 7.95. The zero-order valence-corrected chi connectivity index (χ0v) is 16.9. The minimum Gasteiger partial charge on any atom is -0.344 e. The van der Waals surface area contributed by atoms with Crippen LogP contribution >= 0.6 is 23.1 Å². The summed E-state index contributed by atoms with van der Waals surface area (Å²) < 4.78 is 13.3. The molecule has 5 nitrogen and oxygen atoms in total. The molecule has 1 unspecified atom stereocenters. The molecule has 2 heterocycles. The van der Waals surface area contributed by atoms with Crippen molar-refractivity contribution in [1.82, 2.24) is 15.3 Å². The summed E-state index contributed by atoms with van der Waals surface area (Å²) >= 11 is 2.72. The van der Waals surface area contributed by atoms with Crippen LogP contribution in [0.5, 0.6) is 0 Å². The molecule has 0 radical (unpaired) electrons. The van der Waals surface area contributed by atoms with Gasteiger partial charge in [0.25, 0.3) is 0 Å². The molecular weight excluding hydrogens is 395 g/mol. The van der Waals surface area contributed by atoms with E-state index in [0.717, 1.165) is 10.4 Å². The van der Waals surface area contributed by atoms with Crippen molar-refractivity contribution < 1.29 is 9.18 Å². The summed E-state index contributed by atoms with van der Waals surface area (Å²) in [6.45, 7) is 3.50. The number of aromatic nitrogens is 2. The smallest absolute Gasteiger partial charge is 0.231 e. The fraction of sp³-hybridized carbons (Fsp3) is 0.200. The summed E-state index contributed by atoms with van der Waals surface area (Å²) in [5.74, 6) is 0.134. The van der Waals surface area contributed by atoms with Gasteiger partial charge in [0.2, 0.25) is 5.91 Å². The molecule has 0 saturated carbocycles. The highest BCUT2D eigenvalue weighted by atomic mass is 32.2. The van der Waals surface area contributed by atoms with Gasteiger partial charge in [-0.25, -0.2) is 14.4 Å². The van der Waals surface area contributed by atoms with Gasteiger partial charge in [0.05, 0.1) is 17.5 Å². The largest absolute Gasteiger partial charge is 0.344 e. The van der Waals surface area contributed by atoms with E-state index in [4.69, 9.17) is 0 Å². The van der Waals surface area contributed by atoms with Crippen LogP contribution in [0.25, 0.3) is 0 Å². The van der Waals surface area contributed by atoms with Crippen molar-refractivity contribution in [3.63, 3.8) is 0 Å². The third kappa shape index (κ3) is 4.74. The Hall–Kier alpha value is -2.76. The zero-order chi connectivity index (χ0) is 20.1. The van der Waals surface area contributed by atoms with Crippen molar-refractivity contribution >= 4 is 29.0 Å². The predicted molar refractivity (Wildman–Crippen MR) is 108 cm³/mol. The Kier molecular flexibility index (Phi) is 6.39. The van der Waals surface area contributed by atoms with Crippen molar-refractivity contribution in [1.29, 1.82) is 5.26 Å². The summed E-state index contributed by atoms with van der Waals surface area (Å²) in [7, 11) is 0. The lowest BCUT2D eigenvalue weighted by molar-refractivity contribution is -0.119. The second-order valence-electron chi connectivity index (χ2n) is 6.00. The second kappa shape index (κ2) is 8.95. The first-order chi connectivity index (χ1) is 13.5. The van der Waals surface area contributed by atoms with Crippen LogP contribution in [-0.4, -0.2) is 21.6 Å². The average Bonchev–Trinajstić information content (AvgIpc) is 3.19. The van der Waals surface area contributed by atoms with Gasteiger partial charge in [-0.1, -0.05) is 30.0 Å². The molecule has 8 heteroatoms. The number of nitrogens with zero attached hydrogens (tertiary/aromatic N) is 3. The zero-order valence-electron chi connectivity index (χ0n) is 15.3. The molecule has 3 aromatic rings. The number of carbonyl (C=O) groups excluding carboxylic acids is 1. The van der Waals surface area contributed by atoms with Crippen LogP contribution in [-0.2, 0) is 4.79 Å². The number of hydrogen-bond donors (Lipinski definition) is 1. The van der Waals surface area contributed by atoms with Crippen molar-refractivity contribution in [2.75, 3.05) is 5.75 Å². The number of nitriles is 1. The summed E-state index contributed by atoms with van der Waals surface area (Å²) in [5, 5.41) is 14.7. The highest BCUT2D eigenvalue weighted by Gasteiger charge is 2.19. The predicted octanol–water partition coefficient (Wildman–Crippen LogP) is 4.16. The average molecular weight is 413 g/mol. The van der Waals surface area contributed by atoms with E-state index in [1.807, 2.05) is 17.5 Å². The number of thioether (sulfide) groups is 1. The fourth-order valence-electron chi connectivity index (χ4n) is 2.68. The molecule has 1 atom stereocenters. The minimum atomic E-state index is -0.363.